The maximum Gasteiger partial charge on any atom is 0.260 e. The van der Waals surface area contributed by atoms with Gasteiger partial charge in [-0.15, -0.1) is 0 Å². The van der Waals surface area contributed by atoms with E-state index in [2.05, 4.69) is 20.4 Å². The Hall–Kier alpha value is -3.06. The van der Waals surface area contributed by atoms with Gasteiger partial charge in [0, 0.05) is 56.5 Å². The number of carbonyl (C=O) groups excluding carboxylic acids is 1. The molecule has 1 amide bonds. The predicted molar refractivity (Wildman–Crippen MR) is 126 cm³/mol. The van der Waals surface area contributed by atoms with Gasteiger partial charge in [-0.25, -0.2) is 21.7 Å². The molecule has 0 aliphatic carbocycles. The van der Waals surface area contributed by atoms with E-state index in [9.17, 15) is 22.2 Å². The van der Waals surface area contributed by atoms with Gasteiger partial charge in [0.05, 0.1) is 23.7 Å². The first-order valence-electron chi connectivity index (χ1n) is 11.5. The minimum absolute atomic E-state index is 0.00383. The number of ether oxygens (including phenoxy) is 1. The fourth-order valence-corrected chi connectivity index (χ4v) is 5.65. The third-order valence-electron chi connectivity index (χ3n) is 6.23. The molecule has 12 heteroatoms. The molecule has 0 bridgehead atoms. The van der Waals surface area contributed by atoms with Crippen LogP contribution in [0.15, 0.2) is 41.3 Å². The molecule has 1 fully saturated rings. The van der Waals surface area contributed by atoms with Crippen LogP contribution in [0, 0.1) is 17.5 Å². The van der Waals surface area contributed by atoms with Crippen LogP contribution < -0.4 is 5.32 Å². The molecule has 0 radical (unpaired) electrons. The Labute approximate surface area is 208 Å². The van der Waals surface area contributed by atoms with Crippen LogP contribution in [0.5, 0.6) is 0 Å². The largest absolute Gasteiger partial charge is 0.379 e. The fourth-order valence-electron chi connectivity index (χ4n) is 4.42. The highest BCUT2D eigenvalue weighted by Crippen LogP contribution is 2.28. The number of rotatable bonds is 6. The van der Waals surface area contributed by atoms with E-state index in [1.54, 1.807) is 12.1 Å². The molecule has 190 valence electrons. The Kier molecular flexibility index (Phi) is 7.19. The van der Waals surface area contributed by atoms with Gasteiger partial charge >= 0.3 is 0 Å². The second kappa shape index (κ2) is 10.5. The number of hydrogen-bond acceptors (Lipinski definition) is 5. The molecule has 1 unspecified atom stereocenters. The van der Waals surface area contributed by atoms with Crippen LogP contribution in [0.4, 0.5) is 19.0 Å². The van der Waals surface area contributed by atoms with E-state index < -0.39 is 34.3 Å². The number of halogens is 3. The van der Waals surface area contributed by atoms with Crippen LogP contribution in [-0.4, -0.2) is 62.4 Å². The molecule has 1 atom stereocenters. The minimum Gasteiger partial charge on any atom is -0.379 e. The van der Waals surface area contributed by atoms with E-state index in [1.165, 1.54) is 10.4 Å². The zero-order valence-corrected chi connectivity index (χ0v) is 20.0. The summed E-state index contributed by atoms with van der Waals surface area (Å²) in [5.74, 6) is -2.72. The monoisotopic (exact) mass is 519 g/mol. The molecule has 2 aliphatic heterocycles. The lowest BCUT2D eigenvalue weighted by molar-refractivity contribution is 0.0340. The van der Waals surface area contributed by atoms with E-state index in [1.807, 2.05) is 0 Å². The van der Waals surface area contributed by atoms with Crippen LogP contribution in [0.25, 0.3) is 0 Å². The van der Waals surface area contributed by atoms with Crippen LogP contribution in [0.2, 0.25) is 0 Å². The van der Waals surface area contributed by atoms with Gasteiger partial charge in [-0.05, 0) is 23.8 Å². The zero-order chi connectivity index (χ0) is 25.2. The van der Waals surface area contributed by atoms with Crippen molar-refractivity contribution in [1.29, 1.82) is 0 Å². The molecule has 1 aromatic heterocycles. The first-order chi connectivity index (χ1) is 17.4. The summed E-state index contributed by atoms with van der Waals surface area (Å²) in [6.45, 7) is 3.40. The second-order valence-corrected chi connectivity index (χ2v) is 10.1. The molecule has 36 heavy (non-hydrogen) atoms. The summed E-state index contributed by atoms with van der Waals surface area (Å²) in [6, 6.07) is 7.30. The summed E-state index contributed by atoms with van der Waals surface area (Å²) >= 11 is 0. The molecule has 0 saturated carbocycles. The van der Waals surface area contributed by atoms with Crippen molar-refractivity contribution in [3.63, 3.8) is 0 Å². The number of nitrogens with one attached hydrogen (secondary N) is 2. The van der Waals surface area contributed by atoms with Gasteiger partial charge in [0.15, 0.2) is 5.82 Å². The molecule has 0 spiro atoms. The Bertz CT molecular complexity index is 1290. The Balaban J connectivity index is 1.35. The lowest BCUT2D eigenvalue weighted by Gasteiger charge is -2.27. The van der Waals surface area contributed by atoms with Crippen LogP contribution >= 0.6 is 0 Å². The quantitative estimate of drug-likeness (QED) is 0.523. The number of nitrogens with zero attached hydrogens (tertiary/aromatic N) is 3. The highest BCUT2D eigenvalue weighted by atomic mass is 32.2. The average Bonchev–Trinajstić information content (AvgIpc) is 3.25. The van der Waals surface area contributed by atoms with E-state index in [0.717, 1.165) is 23.9 Å². The molecule has 2 N–H and O–H groups in total. The van der Waals surface area contributed by atoms with E-state index in [0.29, 0.717) is 56.9 Å². The minimum atomic E-state index is -1.83. The van der Waals surface area contributed by atoms with Crippen molar-refractivity contribution in [2.75, 3.05) is 38.2 Å². The van der Waals surface area contributed by atoms with Crippen molar-refractivity contribution in [3.05, 3.63) is 76.2 Å². The Morgan fingerprint density at radius 2 is 1.86 bits per heavy atom. The van der Waals surface area contributed by atoms with E-state index >= 15 is 0 Å². The molecule has 1 saturated heterocycles. The number of hydrogen-bond donors (Lipinski definition) is 2. The second-order valence-electron chi connectivity index (χ2n) is 8.61. The number of fused-ring (bicyclic) bond motifs is 1. The van der Waals surface area contributed by atoms with Gasteiger partial charge in [0.1, 0.15) is 28.4 Å². The Morgan fingerprint density at radius 3 is 2.61 bits per heavy atom. The van der Waals surface area contributed by atoms with Gasteiger partial charge in [0.2, 0.25) is 0 Å². The number of carbonyl (C=O) groups is 1. The van der Waals surface area contributed by atoms with Gasteiger partial charge in [-0.2, -0.15) is 5.10 Å². The zero-order valence-electron chi connectivity index (χ0n) is 19.2. The summed E-state index contributed by atoms with van der Waals surface area (Å²) in [5.41, 5.74) is 1.82. The SMILES string of the molecule is O=C(Nc1n[nH]c2c1CN(S(=O)c1cc(F)cc(F)c1)CC2)c1c(F)cccc1CN1CCOCC1. The van der Waals surface area contributed by atoms with Crippen LogP contribution in [-0.2, 0) is 35.2 Å². The third-order valence-corrected chi connectivity index (χ3v) is 7.65. The summed E-state index contributed by atoms with van der Waals surface area (Å²) in [6.07, 6.45) is 0.434. The molecular weight excluding hydrogens is 495 g/mol. The smallest absolute Gasteiger partial charge is 0.260 e. The highest BCUT2D eigenvalue weighted by molar-refractivity contribution is 7.82. The summed E-state index contributed by atoms with van der Waals surface area (Å²) < 4.78 is 62.0. The van der Waals surface area contributed by atoms with Crippen molar-refractivity contribution in [2.24, 2.45) is 0 Å². The summed E-state index contributed by atoms with van der Waals surface area (Å²) in [7, 11) is -1.83. The third kappa shape index (κ3) is 5.21. The average molecular weight is 520 g/mol. The number of aromatic nitrogens is 2. The number of amides is 1. The Morgan fingerprint density at radius 1 is 1.11 bits per heavy atom. The normalized spacial score (nSPS) is 17.5. The maximum atomic E-state index is 14.8. The van der Waals surface area contributed by atoms with Gasteiger partial charge in [-0.3, -0.25) is 14.8 Å². The molecule has 3 aromatic rings. The molecular formula is C24H24F3N5O3S. The van der Waals surface area contributed by atoms with E-state index in [-0.39, 0.29) is 22.8 Å². The number of H-pyrrole nitrogens is 1. The molecule has 8 nitrogen and oxygen atoms in total. The van der Waals surface area contributed by atoms with Crippen molar-refractivity contribution >= 4 is 22.7 Å². The lowest BCUT2D eigenvalue weighted by Crippen LogP contribution is -2.36. The van der Waals surface area contributed by atoms with Gasteiger partial charge < -0.3 is 10.1 Å². The summed E-state index contributed by atoms with van der Waals surface area (Å²) in [4.78, 5) is 15.3. The van der Waals surface area contributed by atoms with E-state index in [4.69, 9.17) is 4.74 Å². The lowest BCUT2D eigenvalue weighted by atomic mass is 10.0. The predicted octanol–water partition coefficient (Wildman–Crippen LogP) is 2.99. The molecule has 5 rings (SSSR count). The maximum absolute atomic E-state index is 14.8. The van der Waals surface area contributed by atoms with Crippen molar-refractivity contribution in [2.45, 2.75) is 24.4 Å². The first-order valence-corrected chi connectivity index (χ1v) is 12.6. The van der Waals surface area contributed by atoms with Crippen molar-refractivity contribution in [3.8, 4) is 0 Å². The van der Waals surface area contributed by atoms with Crippen molar-refractivity contribution in [1.82, 2.24) is 19.4 Å². The number of morpholine rings is 1. The van der Waals surface area contributed by atoms with Crippen LogP contribution in [0.3, 0.4) is 0 Å². The van der Waals surface area contributed by atoms with Crippen molar-refractivity contribution < 1.29 is 26.9 Å². The number of benzene rings is 2. The number of aromatic amines is 1. The fraction of sp³-hybridized carbons (Fsp3) is 0.333. The first kappa shape index (κ1) is 24.6. The number of anilines is 1. The standard InChI is InChI=1S/C24H24F3N5O3S/c25-16-10-17(26)12-18(11-16)36(34)32-5-4-21-19(14-32)23(30-29-21)28-24(33)22-15(2-1-3-20(22)27)13-31-6-8-35-9-7-31/h1-3,10-12H,4-9,13-14H2,(H2,28,29,30,33). The van der Waals surface area contributed by atoms with Crippen LogP contribution in [0.1, 0.15) is 27.2 Å². The molecule has 2 aromatic carbocycles. The van der Waals surface area contributed by atoms with Gasteiger partial charge in [0.25, 0.3) is 5.91 Å². The summed E-state index contributed by atoms with van der Waals surface area (Å²) in [5, 5.41) is 9.74. The topological polar surface area (TPSA) is 90.6 Å². The molecule has 3 heterocycles. The molecule has 2 aliphatic rings. The van der Waals surface area contributed by atoms with Gasteiger partial charge in [-0.1, -0.05) is 12.1 Å². The highest BCUT2D eigenvalue weighted by Gasteiger charge is 2.28.